The minimum atomic E-state index is -5.08. The fourth-order valence-corrected chi connectivity index (χ4v) is 4.63. The Kier molecular flexibility index (Phi) is 8.22. The summed E-state index contributed by atoms with van der Waals surface area (Å²) in [5, 5.41) is 9.87. The summed E-state index contributed by atoms with van der Waals surface area (Å²) in [6.07, 6.45) is -3.16. The molecular weight excluding hydrogens is 519 g/mol. The van der Waals surface area contributed by atoms with Crippen LogP contribution in [0.2, 0.25) is 0 Å². The second-order valence-electron chi connectivity index (χ2n) is 9.38. The second kappa shape index (κ2) is 10.7. The van der Waals surface area contributed by atoms with Crippen molar-refractivity contribution >= 4 is 23.7 Å². The molecule has 1 aromatic rings. The Balaban J connectivity index is 0.000000505. The van der Waals surface area contributed by atoms with Crippen LogP contribution in [0.15, 0.2) is 29.3 Å². The number of nitrogens with zero attached hydrogens (tertiary/aromatic N) is 2. The first-order valence-corrected chi connectivity index (χ1v) is 12.0. The number of guanidine groups is 1. The summed E-state index contributed by atoms with van der Waals surface area (Å²) in [6.45, 7) is 3.94. The van der Waals surface area contributed by atoms with Crippen LogP contribution in [0.1, 0.15) is 51.1 Å². The lowest BCUT2D eigenvalue weighted by atomic mass is 9.88. The zero-order valence-corrected chi connectivity index (χ0v) is 20.7. The number of fused-ring (bicyclic) bond motifs is 1. The number of carbonyl (C=O) groups excluding carboxylic acids is 2. The molecule has 210 valence electrons. The molecule has 2 unspecified atom stereocenters. The van der Waals surface area contributed by atoms with Crippen molar-refractivity contribution in [2.45, 2.75) is 63.2 Å². The highest BCUT2D eigenvalue weighted by molar-refractivity contribution is 5.99. The summed E-state index contributed by atoms with van der Waals surface area (Å²) in [5.74, 6) is -9.16. The van der Waals surface area contributed by atoms with Crippen LogP contribution in [-0.4, -0.2) is 64.5 Å². The SMILES string of the molecule is CCC1(CC)CC(=O)N(CC2C(C(=O)N[C@H]3CCOc4ccccc43)C2(F)F)C(N)=N1.O=C(O)C(F)(F)F. The predicted molar refractivity (Wildman–Crippen MR) is 124 cm³/mol. The molecule has 4 N–H and O–H groups in total. The number of aliphatic imine (C=N–C) groups is 1. The maximum absolute atomic E-state index is 14.6. The minimum Gasteiger partial charge on any atom is -0.493 e. The van der Waals surface area contributed by atoms with E-state index in [4.69, 9.17) is 20.4 Å². The van der Waals surface area contributed by atoms with Gasteiger partial charge in [-0.25, -0.2) is 18.6 Å². The van der Waals surface area contributed by atoms with Crippen molar-refractivity contribution in [2.75, 3.05) is 13.2 Å². The fourth-order valence-electron chi connectivity index (χ4n) is 4.63. The number of aliphatic carboxylic acids is 1. The standard InChI is InChI=1S/C22H28F2N4O3.C2HF3O2/c1-3-21(4-2)11-17(29)28(20(25)27-21)12-14-18(22(14,23)24)19(30)26-15-9-10-31-16-8-6-5-7-13(15)16;3-2(4,5)1(6)7/h5-8,14-15,18H,3-4,9-12H2,1-2H3,(H2,25,27)(H,26,30);(H,6,7)/t14?,15-,18?;/m0./s1. The van der Waals surface area contributed by atoms with Gasteiger partial charge < -0.3 is 20.9 Å². The van der Waals surface area contributed by atoms with Crippen molar-refractivity contribution < 1.29 is 46.2 Å². The molecule has 1 aromatic carbocycles. The zero-order chi connectivity index (χ0) is 28.5. The van der Waals surface area contributed by atoms with Crippen molar-refractivity contribution in [3.63, 3.8) is 0 Å². The lowest BCUT2D eigenvalue weighted by Gasteiger charge is -2.36. The number of para-hydroxylation sites is 1. The van der Waals surface area contributed by atoms with E-state index in [9.17, 15) is 31.5 Å². The first kappa shape index (κ1) is 29.1. The fraction of sp³-hybridized carbons (Fsp3) is 0.583. The summed E-state index contributed by atoms with van der Waals surface area (Å²) in [7, 11) is 0. The summed E-state index contributed by atoms with van der Waals surface area (Å²) < 4.78 is 66.4. The number of halogens is 5. The van der Waals surface area contributed by atoms with Gasteiger partial charge in [0.1, 0.15) is 11.7 Å². The van der Waals surface area contributed by atoms with Gasteiger partial charge in [0.15, 0.2) is 5.96 Å². The molecular formula is C24H29F5N4O5. The van der Waals surface area contributed by atoms with Gasteiger partial charge in [-0.3, -0.25) is 14.5 Å². The van der Waals surface area contributed by atoms with Gasteiger partial charge >= 0.3 is 12.1 Å². The molecule has 3 atom stereocenters. The normalized spacial score (nSPS) is 25.1. The van der Waals surface area contributed by atoms with Crippen molar-refractivity contribution in [1.82, 2.24) is 10.2 Å². The van der Waals surface area contributed by atoms with Crippen LogP contribution in [0.3, 0.4) is 0 Å². The van der Waals surface area contributed by atoms with Gasteiger partial charge in [-0.1, -0.05) is 32.0 Å². The zero-order valence-electron chi connectivity index (χ0n) is 20.7. The van der Waals surface area contributed by atoms with E-state index in [-0.39, 0.29) is 30.9 Å². The number of amides is 2. The highest BCUT2D eigenvalue weighted by atomic mass is 19.4. The van der Waals surface area contributed by atoms with Crippen molar-refractivity contribution in [1.29, 1.82) is 0 Å². The van der Waals surface area contributed by atoms with Gasteiger partial charge in [-0.2, -0.15) is 13.2 Å². The third kappa shape index (κ3) is 5.99. The smallest absolute Gasteiger partial charge is 0.490 e. The molecule has 2 heterocycles. The van der Waals surface area contributed by atoms with Crippen LogP contribution < -0.4 is 15.8 Å². The number of hydrogen-bond acceptors (Lipinski definition) is 6. The van der Waals surface area contributed by atoms with Crippen LogP contribution in [0, 0.1) is 11.8 Å². The van der Waals surface area contributed by atoms with Crippen LogP contribution in [0.25, 0.3) is 0 Å². The molecule has 3 aliphatic rings. The topological polar surface area (TPSA) is 134 Å². The Morgan fingerprint density at radius 3 is 2.39 bits per heavy atom. The Labute approximate surface area is 215 Å². The average molecular weight is 549 g/mol. The van der Waals surface area contributed by atoms with E-state index in [1.165, 1.54) is 0 Å². The van der Waals surface area contributed by atoms with Crippen LogP contribution in [0.4, 0.5) is 22.0 Å². The highest BCUT2D eigenvalue weighted by Gasteiger charge is 2.72. The predicted octanol–water partition coefficient (Wildman–Crippen LogP) is 3.25. The van der Waals surface area contributed by atoms with Gasteiger partial charge in [0, 0.05) is 18.5 Å². The van der Waals surface area contributed by atoms with Crippen molar-refractivity contribution in [3.05, 3.63) is 29.8 Å². The molecule has 1 fully saturated rings. The number of benzene rings is 1. The summed E-state index contributed by atoms with van der Waals surface area (Å²) >= 11 is 0. The van der Waals surface area contributed by atoms with Crippen molar-refractivity contribution in [3.8, 4) is 5.75 Å². The Bertz CT molecular complexity index is 1110. The van der Waals surface area contributed by atoms with E-state index in [1.54, 1.807) is 6.07 Å². The van der Waals surface area contributed by atoms with Gasteiger partial charge in [0.2, 0.25) is 11.8 Å². The molecule has 38 heavy (non-hydrogen) atoms. The van der Waals surface area contributed by atoms with Gasteiger partial charge in [0.05, 0.1) is 30.5 Å². The van der Waals surface area contributed by atoms with E-state index in [0.29, 0.717) is 31.6 Å². The molecule has 0 radical (unpaired) electrons. The number of rotatable bonds is 6. The molecule has 0 aromatic heterocycles. The quantitative estimate of drug-likeness (QED) is 0.468. The summed E-state index contributed by atoms with van der Waals surface area (Å²) in [5.41, 5.74) is 6.19. The Morgan fingerprint density at radius 2 is 1.84 bits per heavy atom. The maximum atomic E-state index is 14.6. The Hall–Kier alpha value is -3.45. The van der Waals surface area contributed by atoms with E-state index >= 15 is 0 Å². The van der Waals surface area contributed by atoms with Crippen molar-refractivity contribution in [2.24, 2.45) is 22.6 Å². The highest BCUT2D eigenvalue weighted by Crippen LogP contribution is 2.56. The number of carboxylic acid groups (broad SMARTS) is 1. The molecule has 2 amide bonds. The molecule has 14 heteroatoms. The number of ether oxygens (including phenoxy) is 1. The van der Waals surface area contributed by atoms with E-state index in [0.717, 1.165) is 10.5 Å². The molecule has 2 aliphatic heterocycles. The Morgan fingerprint density at radius 1 is 1.24 bits per heavy atom. The van der Waals surface area contributed by atoms with Gasteiger partial charge in [0.25, 0.3) is 5.92 Å². The lowest BCUT2D eigenvalue weighted by molar-refractivity contribution is -0.192. The molecule has 1 saturated carbocycles. The number of carbonyl (C=O) groups is 3. The number of nitrogens with two attached hydrogens (primary N) is 1. The molecule has 0 bridgehead atoms. The first-order chi connectivity index (χ1) is 17.7. The molecule has 4 rings (SSSR count). The third-order valence-corrected chi connectivity index (χ3v) is 7.11. The molecule has 0 spiro atoms. The minimum absolute atomic E-state index is 0.0415. The molecule has 1 aliphatic carbocycles. The number of alkyl halides is 5. The second-order valence-corrected chi connectivity index (χ2v) is 9.38. The largest absolute Gasteiger partial charge is 0.493 e. The maximum Gasteiger partial charge on any atom is 0.490 e. The summed E-state index contributed by atoms with van der Waals surface area (Å²) in [4.78, 5) is 39.8. The number of carboxylic acids is 1. The number of hydrogen-bond donors (Lipinski definition) is 3. The van der Waals surface area contributed by atoms with E-state index in [2.05, 4.69) is 10.3 Å². The monoisotopic (exact) mass is 548 g/mol. The summed E-state index contributed by atoms with van der Waals surface area (Å²) in [6, 6.07) is 6.87. The lowest BCUT2D eigenvalue weighted by Crippen LogP contribution is -2.52. The van der Waals surface area contributed by atoms with Gasteiger partial charge in [-0.05, 0) is 18.9 Å². The van der Waals surface area contributed by atoms with E-state index < -0.39 is 41.4 Å². The molecule has 0 saturated heterocycles. The average Bonchev–Trinajstić information content (AvgIpc) is 3.40. The van der Waals surface area contributed by atoms with Crippen LogP contribution in [-0.2, 0) is 14.4 Å². The third-order valence-electron chi connectivity index (χ3n) is 7.11. The van der Waals surface area contributed by atoms with Crippen LogP contribution >= 0.6 is 0 Å². The molecule has 9 nitrogen and oxygen atoms in total. The van der Waals surface area contributed by atoms with Gasteiger partial charge in [-0.15, -0.1) is 0 Å². The number of nitrogens with one attached hydrogen (secondary N) is 1. The van der Waals surface area contributed by atoms with E-state index in [1.807, 2.05) is 32.0 Å². The first-order valence-electron chi connectivity index (χ1n) is 12.0. The van der Waals surface area contributed by atoms with Crippen LogP contribution in [0.5, 0.6) is 5.75 Å².